The van der Waals surface area contributed by atoms with Gasteiger partial charge in [0, 0.05) is 38.9 Å². The number of aliphatic imine (C=N–C) groups is 1. The second-order valence-electron chi connectivity index (χ2n) is 6.90. The number of nitrogens with zero attached hydrogens (tertiary/aromatic N) is 3. The van der Waals surface area contributed by atoms with Crippen molar-refractivity contribution in [3.05, 3.63) is 60.4 Å². The molecule has 3 N–H and O–H groups in total. The molecule has 1 aromatic carbocycles. The highest BCUT2D eigenvalue weighted by molar-refractivity contribution is 5.94. The van der Waals surface area contributed by atoms with Gasteiger partial charge in [0.2, 0.25) is 5.91 Å². The van der Waals surface area contributed by atoms with Crippen LogP contribution >= 0.6 is 0 Å². The Balaban J connectivity index is 1.37. The molecule has 1 aromatic heterocycles. The Morgan fingerprint density at radius 3 is 2.64 bits per heavy atom. The van der Waals surface area contributed by atoms with Gasteiger partial charge < -0.3 is 16.0 Å². The van der Waals surface area contributed by atoms with Gasteiger partial charge in [-0.05, 0) is 30.5 Å². The third-order valence-corrected chi connectivity index (χ3v) is 4.76. The van der Waals surface area contributed by atoms with Crippen molar-refractivity contribution < 1.29 is 4.79 Å². The van der Waals surface area contributed by atoms with Gasteiger partial charge in [0.05, 0.1) is 18.4 Å². The van der Waals surface area contributed by atoms with Crippen LogP contribution in [0.25, 0.3) is 0 Å². The van der Waals surface area contributed by atoms with E-state index in [1.165, 1.54) is 5.56 Å². The highest BCUT2D eigenvalue weighted by Gasteiger charge is 2.20. The van der Waals surface area contributed by atoms with Crippen LogP contribution in [0.1, 0.15) is 18.4 Å². The topological polar surface area (TPSA) is 81.6 Å². The van der Waals surface area contributed by atoms with Crippen LogP contribution in [0.5, 0.6) is 0 Å². The molecule has 0 atom stereocenters. The Labute approximate surface area is 166 Å². The maximum absolute atomic E-state index is 12.1. The van der Waals surface area contributed by atoms with Crippen molar-refractivity contribution >= 4 is 17.6 Å². The minimum Gasteiger partial charge on any atom is -0.354 e. The molecule has 1 aliphatic rings. The van der Waals surface area contributed by atoms with Crippen molar-refractivity contribution in [1.82, 2.24) is 20.5 Å². The lowest BCUT2D eigenvalue weighted by Crippen LogP contribution is -2.49. The number of likely N-dealkylation sites (tertiary alicyclic amines) is 1. The van der Waals surface area contributed by atoms with E-state index < -0.39 is 0 Å². The van der Waals surface area contributed by atoms with E-state index in [4.69, 9.17) is 0 Å². The molecule has 0 bridgehead atoms. The normalized spacial score (nSPS) is 15.8. The van der Waals surface area contributed by atoms with E-state index in [0.29, 0.717) is 17.7 Å². The van der Waals surface area contributed by atoms with Gasteiger partial charge in [-0.25, -0.2) is 0 Å². The fraction of sp³-hybridized carbons (Fsp3) is 0.381. The zero-order chi connectivity index (χ0) is 19.6. The summed E-state index contributed by atoms with van der Waals surface area (Å²) in [4.78, 5) is 22.7. The first-order chi connectivity index (χ1) is 13.7. The van der Waals surface area contributed by atoms with Crippen molar-refractivity contribution in [1.29, 1.82) is 0 Å². The van der Waals surface area contributed by atoms with Crippen molar-refractivity contribution in [2.45, 2.75) is 25.4 Å². The number of pyridine rings is 1. The number of carbonyl (C=O) groups excluding carboxylic acids is 1. The molecule has 0 unspecified atom stereocenters. The number of hydrogen-bond donors (Lipinski definition) is 3. The van der Waals surface area contributed by atoms with E-state index in [-0.39, 0.29) is 12.5 Å². The number of anilines is 1. The van der Waals surface area contributed by atoms with Crippen molar-refractivity contribution in [2.75, 3.05) is 32.0 Å². The first-order valence-electron chi connectivity index (χ1n) is 9.66. The predicted molar refractivity (Wildman–Crippen MR) is 112 cm³/mol. The average molecular weight is 380 g/mol. The number of guanidine groups is 1. The molecule has 0 spiro atoms. The van der Waals surface area contributed by atoms with E-state index in [1.54, 1.807) is 31.6 Å². The third kappa shape index (κ3) is 6.35. The van der Waals surface area contributed by atoms with Crippen LogP contribution in [0.4, 0.5) is 5.69 Å². The third-order valence-electron chi connectivity index (χ3n) is 4.76. The van der Waals surface area contributed by atoms with Gasteiger partial charge in [0.15, 0.2) is 5.96 Å². The Kier molecular flexibility index (Phi) is 7.37. The van der Waals surface area contributed by atoms with Crippen LogP contribution < -0.4 is 16.0 Å². The van der Waals surface area contributed by atoms with E-state index >= 15 is 0 Å². The van der Waals surface area contributed by atoms with Gasteiger partial charge in [0.25, 0.3) is 0 Å². The highest BCUT2D eigenvalue weighted by atomic mass is 16.1. The number of carbonyl (C=O) groups is 1. The second kappa shape index (κ2) is 10.4. The zero-order valence-corrected chi connectivity index (χ0v) is 16.3. The van der Waals surface area contributed by atoms with Gasteiger partial charge in [-0.2, -0.15) is 0 Å². The lowest BCUT2D eigenvalue weighted by molar-refractivity contribution is -0.115. The zero-order valence-electron chi connectivity index (χ0n) is 16.3. The first kappa shape index (κ1) is 19.8. The number of piperidine rings is 1. The number of nitrogens with one attached hydrogen (secondary N) is 3. The minimum atomic E-state index is -0.131. The largest absolute Gasteiger partial charge is 0.354 e. The fourth-order valence-corrected chi connectivity index (χ4v) is 3.27. The first-order valence-corrected chi connectivity index (χ1v) is 9.66. The van der Waals surface area contributed by atoms with Crippen LogP contribution in [0, 0.1) is 0 Å². The van der Waals surface area contributed by atoms with Gasteiger partial charge in [-0.3, -0.25) is 19.7 Å². The van der Waals surface area contributed by atoms with Crippen molar-refractivity contribution in [2.24, 2.45) is 4.99 Å². The number of rotatable bonds is 6. The summed E-state index contributed by atoms with van der Waals surface area (Å²) in [6, 6.07) is 14.5. The number of amides is 1. The van der Waals surface area contributed by atoms with Gasteiger partial charge in [0.1, 0.15) is 0 Å². The molecule has 148 valence electrons. The quantitative estimate of drug-likeness (QED) is 0.526. The fourth-order valence-electron chi connectivity index (χ4n) is 3.27. The molecule has 0 aliphatic carbocycles. The molecule has 2 aromatic rings. The smallest absolute Gasteiger partial charge is 0.243 e. The van der Waals surface area contributed by atoms with Crippen molar-refractivity contribution in [3.63, 3.8) is 0 Å². The molecule has 3 rings (SSSR count). The lowest BCUT2D eigenvalue weighted by atomic mass is 10.0. The molecule has 1 fully saturated rings. The number of aromatic nitrogens is 1. The maximum atomic E-state index is 12.1. The molecule has 0 saturated carbocycles. The lowest BCUT2D eigenvalue weighted by Gasteiger charge is -2.33. The summed E-state index contributed by atoms with van der Waals surface area (Å²) in [6.07, 6.45) is 5.39. The highest BCUT2D eigenvalue weighted by Crippen LogP contribution is 2.13. The predicted octanol–water partition coefficient (Wildman–Crippen LogP) is 1.85. The van der Waals surface area contributed by atoms with E-state index in [1.807, 2.05) is 0 Å². The Morgan fingerprint density at radius 2 is 1.96 bits per heavy atom. The average Bonchev–Trinajstić information content (AvgIpc) is 2.74. The molecule has 0 radical (unpaired) electrons. The second-order valence-corrected chi connectivity index (χ2v) is 6.90. The molecule has 1 saturated heterocycles. The molecule has 28 heavy (non-hydrogen) atoms. The Hall–Kier alpha value is -2.93. The van der Waals surface area contributed by atoms with E-state index in [2.05, 4.69) is 61.2 Å². The summed E-state index contributed by atoms with van der Waals surface area (Å²) in [5, 5.41) is 9.31. The van der Waals surface area contributed by atoms with Crippen LogP contribution in [0.15, 0.2) is 59.9 Å². The Morgan fingerprint density at radius 1 is 1.18 bits per heavy atom. The summed E-state index contributed by atoms with van der Waals surface area (Å²) >= 11 is 0. The minimum absolute atomic E-state index is 0.131. The molecule has 1 aliphatic heterocycles. The molecular weight excluding hydrogens is 352 g/mol. The SMILES string of the molecule is CN=C(NCC(=O)Nc1cccnc1)NC1CCN(Cc2ccccc2)CC1. The molecule has 7 nitrogen and oxygen atoms in total. The molecule has 7 heteroatoms. The molecular formula is C21H28N6O. The molecule has 1 amide bonds. The van der Waals surface area contributed by atoms with Gasteiger partial charge >= 0.3 is 0 Å². The summed E-state index contributed by atoms with van der Waals surface area (Å²) in [5.74, 6) is 0.525. The van der Waals surface area contributed by atoms with Crippen molar-refractivity contribution in [3.8, 4) is 0 Å². The number of benzene rings is 1. The van der Waals surface area contributed by atoms with Gasteiger partial charge in [-0.15, -0.1) is 0 Å². The maximum Gasteiger partial charge on any atom is 0.243 e. The molecule has 2 heterocycles. The van der Waals surface area contributed by atoms with E-state index in [0.717, 1.165) is 32.5 Å². The van der Waals surface area contributed by atoms with Gasteiger partial charge in [-0.1, -0.05) is 30.3 Å². The summed E-state index contributed by atoms with van der Waals surface area (Å²) < 4.78 is 0. The summed E-state index contributed by atoms with van der Waals surface area (Å²) in [5.41, 5.74) is 2.04. The van der Waals surface area contributed by atoms with Crippen LogP contribution in [0.2, 0.25) is 0 Å². The van der Waals surface area contributed by atoms with Crippen LogP contribution in [-0.2, 0) is 11.3 Å². The Bertz CT molecular complexity index is 757. The summed E-state index contributed by atoms with van der Waals surface area (Å²) in [6.45, 7) is 3.24. The van der Waals surface area contributed by atoms with Crippen LogP contribution in [0.3, 0.4) is 0 Å². The monoisotopic (exact) mass is 380 g/mol. The standard InChI is InChI=1S/C21H28N6O/c1-22-21(24-15-20(28)25-19-8-5-11-23-14-19)26-18-9-12-27(13-10-18)16-17-6-3-2-4-7-17/h2-8,11,14,18H,9-10,12-13,15-16H2,1H3,(H,25,28)(H2,22,24,26). The van der Waals surface area contributed by atoms with Crippen LogP contribution in [-0.4, -0.2) is 54.5 Å². The summed E-state index contributed by atoms with van der Waals surface area (Å²) in [7, 11) is 1.72. The number of hydrogen-bond acceptors (Lipinski definition) is 4. The van der Waals surface area contributed by atoms with E-state index in [9.17, 15) is 4.79 Å².